The number of aliphatic hydroxyl groups is 1. The summed E-state index contributed by atoms with van der Waals surface area (Å²) in [4.78, 5) is 0. The Hall–Kier alpha value is -0.0800. The van der Waals surface area contributed by atoms with Crippen LogP contribution in [0.2, 0.25) is 0 Å². The van der Waals surface area contributed by atoms with Gasteiger partial charge in [-0.1, -0.05) is 6.92 Å². The van der Waals surface area contributed by atoms with Gasteiger partial charge in [0.15, 0.2) is 0 Å². The van der Waals surface area contributed by atoms with Crippen LogP contribution in [0.1, 0.15) is 19.8 Å². The van der Waals surface area contributed by atoms with Crippen molar-refractivity contribution < 1.29 is 9.84 Å². The Kier molecular flexibility index (Phi) is 1.69. The quantitative estimate of drug-likeness (QED) is 0.614. The van der Waals surface area contributed by atoms with Crippen molar-refractivity contribution >= 4 is 0 Å². The minimum Gasteiger partial charge on any atom is -0.390 e. The Morgan fingerprint density at radius 3 is 2.55 bits per heavy atom. The van der Waals surface area contributed by atoms with Crippen molar-refractivity contribution in [2.75, 3.05) is 7.11 Å². The molecule has 0 spiro atoms. The first-order chi connectivity index (χ1) is 5.24. The lowest BCUT2D eigenvalue weighted by Gasteiger charge is -2.29. The van der Waals surface area contributed by atoms with Gasteiger partial charge in [-0.25, -0.2) is 0 Å². The molecule has 2 aliphatic rings. The van der Waals surface area contributed by atoms with Gasteiger partial charge in [0.2, 0.25) is 0 Å². The van der Waals surface area contributed by atoms with Crippen molar-refractivity contribution in [3.05, 3.63) is 0 Å². The van der Waals surface area contributed by atoms with Crippen molar-refractivity contribution in [2.45, 2.75) is 32.0 Å². The van der Waals surface area contributed by atoms with E-state index in [0.717, 1.165) is 0 Å². The highest BCUT2D eigenvalue weighted by Gasteiger charge is 2.50. The van der Waals surface area contributed by atoms with Crippen LogP contribution >= 0.6 is 0 Å². The summed E-state index contributed by atoms with van der Waals surface area (Å²) >= 11 is 0. The van der Waals surface area contributed by atoms with Gasteiger partial charge in [-0.3, -0.25) is 0 Å². The third-order valence-electron chi connectivity index (χ3n) is 3.49. The molecule has 0 aromatic carbocycles. The molecule has 64 valence electrons. The second kappa shape index (κ2) is 2.46. The molecule has 2 bridgehead atoms. The van der Waals surface area contributed by atoms with E-state index in [0.29, 0.717) is 17.8 Å². The van der Waals surface area contributed by atoms with Gasteiger partial charge in [0.25, 0.3) is 0 Å². The van der Waals surface area contributed by atoms with Gasteiger partial charge in [-0.2, -0.15) is 0 Å². The van der Waals surface area contributed by atoms with E-state index in [4.69, 9.17) is 4.74 Å². The zero-order valence-corrected chi connectivity index (χ0v) is 7.16. The molecule has 2 nitrogen and oxygen atoms in total. The van der Waals surface area contributed by atoms with Crippen LogP contribution in [-0.2, 0) is 4.74 Å². The summed E-state index contributed by atoms with van der Waals surface area (Å²) in [5, 5.41) is 9.72. The molecule has 0 radical (unpaired) electrons. The molecule has 2 fully saturated rings. The molecule has 0 heterocycles. The van der Waals surface area contributed by atoms with Gasteiger partial charge in [-0.15, -0.1) is 0 Å². The summed E-state index contributed by atoms with van der Waals surface area (Å²) in [7, 11) is 1.71. The van der Waals surface area contributed by atoms with E-state index in [-0.39, 0.29) is 12.2 Å². The summed E-state index contributed by atoms with van der Waals surface area (Å²) in [5.74, 6) is 1.86. The first kappa shape index (κ1) is 7.56. The topological polar surface area (TPSA) is 29.5 Å². The van der Waals surface area contributed by atoms with E-state index >= 15 is 0 Å². The molecule has 1 N–H and O–H groups in total. The molecule has 5 atom stereocenters. The number of fused-ring (bicyclic) bond motifs is 2. The summed E-state index contributed by atoms with van der Waals surface area (Å²) in [5.41, 5.74) is 0. The van der Waals surface area contributed by atoms with E-state index in [2.05, 4.69) is 6.92 Å². The van der Waals surface area contributed by atoms with E-state index in [1.807, 2.05) is 0 Å². The first-order valence-corrected chi connectivity index (χ1v) is 4.45. The lowest BCUT2D eigenvalue weighted by molar-refractivity contribution is -0.0548. The van der Waals surface area contributed by atoms with Crippen molar-refractivity contribution in [3.8, 4) is 0 Å². The molecule has 0 aromatic heterocycles. The Morgan fingerprint density at radius 1 is 1.36 bits per heavy atom. The molecule has 0 aliphatic heterocycles. The van der Waals surface area contributed by atoms with Crippen LogP contribution < -0.4 is 0 Å². The van der Waals surface area contributed by atoms with Crippen LogP contribution in [0.15, 0.2) is 0 Å². The molecule has 2 aliphatic carbocycles. The predicted octanol–water partition coefficient (Wildman–Crippen LogP) is 1.04. The van der Waals surface area contributed by atoms with Crippen LogP contribution in [0.25, 0.3) is 0 Å². The van der Waals surface area contributed by atoms with Gasteiger partial charge < -0.3 is 9.84 Å². The van der Waals surface area contributed by atoms with Gasteiger partial charge in [0.1, 0.15) is 0 Å². The van der Waals surface area contributed by atoms with Gasteiger partial charge in [-0.05, 0) is 30.6 Å². The second-order valence-electron chi connectivity index (χ2n) is 4.06. The van der Waals surface area contributed by atoms with E-state index in [1.54, 1.807) is 7.11 Å². The van der Waals surface area contributed by atoms with E-state index in [1.165, 1.54) is 12.8 Å². The number of rotatable bonds is 1. The summed E-state index contributed by atoms with van der Waals surface area (Å²) in [6, 6.07) is 0. The van der Waals surface area contributed by atoms with Crippen molar-refractivity contribution in [2.24, 2.45) is 17.8 Å². The number of methoxy groups -OCH3 is 1. The van der Waals surface area contributed by atoms with Crippen molar-refractivity contribution in [1.82, 2.24) is 0 Å². The van der Waals surface area contributed by atoms with Crippen LogP contribution in [0, 0.1) is 17.8 Å². The zero-order valence-electron chi connectivity index (χ0n) is 7.16. The minimum atomic E-state index is -0.186. The summed E-state index contributed by atoms with van der Waals surface area (Å²) in [6.45, 7) is 2.24. The summed E-state index contributed by atoms with van der Waals surface area (Å²) < 4.78 is 5.26. The Morgan fingerprint density at radius 2 is 2.09 bits per heavy atom. The van der Waals surface area contributed by atoms with E-state index in [9.17, 15) is 5.11 Å². The second-order valence-corrected chi connectivity index (χ2v) is 4.06. The fourth-order valence-corrected chi connectivity index (χ4v) is 2.93. The van der Waals surface area contributed by atoms with Crippen LogP contribution in [0.4, 0.5) is 0 Å². The fraction of sp³-hybridized carbons (Fsp3) is 1.00. The van der Waals surface area contributed by atoms with Gasteiger partial charge >= 0.3 is 0 Å². The molecule has 2 rings (SSSR count). The smallest absolute Gasteiger partial charge is 0.0861 e. The van der Waals surface area contributed by atoms with Crippen LogP contribution in [0.5, 0.6) is 0 Å². The van der Waals surface area contributed by atoms with Crippen molar-refractivity contribution in [3.63, 3.8) is 0 Å². The molecule has 11 heavy (non-hydrogen) atoms. The SMILES string of the molecule is COC1C2CC(C)C(C2)C1O. The maximum atomic E-state index is 9.72. The zero-order chi connectivity index (χ0) is 8.01. The average Bonchev–Trinajstić information content (AvgIpc) is 2.44. The average molecular weight is 156 g/mol. The first-order valence-electron chi connectivity index (χ1n) is 4.45. The van der Waals surface area contributed by atoms with Gasteiger partial charge in [0.05, 0.1) is 12.2 Å². The molecular weight excluding hydrogens is 140 g/mol. The third-order valence-corrected chi connectivity index (χ3v) is 3.49. The molecule has 0 saturated heterocycles. The number of aliphatic hydroxyl groups excluding tert-OH is 1. The monoisotopic (exact) mass is 156 g/mol. The third kappa shape index (κ3) is 0.926. The minimum absolute atomic E-state index is 0.135. The molecule has 0 amide bonds. The molecule has 2 saturated carbocycles. The van der Waals surface area contributed by atoms with Gasteiger partial charge in [0, 0.05) is 7.11 Å². The largest absolute Gasteiger partial charge is 0.390 e. The maximum absolute atomic E-state index is 9.72. The number of ether oxygens (including phenoxy) is 1. The Bertz CT molecular complexity index is 154. The standard InChI is InChI=1S/C9H16O2/c1-5-3-6-4-7(5)8(10)9(6)11-2/h5-10H,3-4H2,1-2H3. The van der Waals surface area contributed by atoms with Crippen molar-refractivity contribution in [1.29, 1.82) is 0 Å². The molecular formula is C9H16O2. The molecule has 5 unspecified atom stereocenters. The van der Waals surface area contributed by atoms with Crippen LogP contribution in [0.3, 0.4) is 0 Å². The highest BCUT2D eigenvalue weighted by atomic mass is 16.5. The Labute approximate surface area is 67.6 Å². The lowest BCUT2D eigenvalue weighted by atomic mass is 9.86. The molecule has 2 heteroatoms. The number of hydrogen-bond acceptors (Lipinski definition) is 2. The number of hydrogen-bond donors (Lipinski definition) is 1. The molecule has 0 aromatic rings. The highest BCUT2D eigenvalue weighted by Crippen LogP contribution is 2.49. The van der Waals surface area contributed by atoms with E-state index < -0.39 is 0 Å². The maximum Gasteiger partial charge on any atom is 0.0861 e. The Balaban J connectivity index is 2.11. The predicted molar refractivity (Wildman–Crippen MR) is 42.2 cm³/mol. The summed E-state index contributed by atoms with van der Waals surface area (Å²) in [6.07, 6.45) is 2.38. The van der Waals surface area contributed by atoms with Crippen LogP contribution in [-0.4, -0.2) is 24.4 Å². The highest BCUT2D eigenvalue weighted by molar-refractivity contribution is 5.00. The fourth-order valence-electron chi connectivity index (χ4n) is 2.93. The lowest BCUT2D eigenvalue weighted by Crippen LogP contribution is -2.37. The normalized spacial score (nSPS) is 55.4.